The number of hydrogen-bond acceptors (Lipinski definition) is 4. The van der Waals surface area contributed by atoms with Crippen molar-refractivity contribution in [1.29, 1.82) is 0 Å². The fourth-order valence-corrected chi connectivity index (χ4v) is 7.47. The number of benzene rings is 5. The summed E-state index contributed by atoms with van der Waals surface area (Å²) in [7, 11) is 5.69. The Morgan fingerprint density at radius 2 is 1.03 bits per heavy atom. The smallest absolute Gasteiger partial charge is 0.373 e. The van der Waals surface area contributed by atoms with Crippen molar-refractivity contribution in [3.05, 3.63) is 198 Å². The second kappa shape index (κ2) is 29.7. The largest absolute Gasteiger partial charge is 0.381 e. The maximum Gasteiger partial charge on any atom is 0.381 e. The summed E-state index contributed by atoms with van der Waals surface area (Å²) in [5.74, 6) is 3.08. The molecule has 9 rings (SSSR count). The quantitative estimate of drug-likeness (QED) is 0.107. The zero-order valence-electron chi connectivity index (χ0n) is 40.5. The van der Waals surface area contributed by atoms with Crippen LogP contribution >= 0.6 is 0 Å². The van der Waals surface area contributed by atoms with Crippen LogP contribution in [0.25, 0.3) is 51.2 Å². The number of nitrogens with zero attached hydrogens (tertiary/aromatic N) is 8. The van der Waals surface area contributed by atoms with Crippen molar-refractivity contribution in [1.82, 2.24) is 38.2 Å². The molecule has 0 aliphatic rings. The molecule has 9 aromatic rings. The molecule has 0 fully saturated rings. The summed E-state index contributed by atoms with van der Waals surface area (Å²) in [5.41, 5.74) is 9.90. The van der Waals surface area contributed by atoms with Crippen LogP contribution in [0.3, 0.4) is 0 Å². The Morgan fingerprint density at radius 1 is 0.549 bits per heavy atom. The van der Waals surface area contributed by atoms with Gasteiger partial charge in [-0.3, -0.25) is 24.3 Å². The van der Waals surface area contributed by atoms with Gasteiger partial charge < -0.3 is 18.3 Å². The van der Waals surface area contributed by atoms with Gasteiger partial charge in [-0.1, -0.05) is 44.4 Å². The van der Waals surface area contributed by atoms with Gasteiger partial charge in [-0.2, -0.15) is 13.2 Å². The molecule has 16 heteroatoms. The average molecular weight is 1670 g/mol. The standard InChI is InChI=1S/C21H23N2.C14H14F3N2.C10H8FN2.C10H9N2.4Ir/c1-5-9-19-14-23(20-16(3)12-15(2)13-17(20)4)21(22-19)18-10-7-6-8-11-18;1-3-4-12-9-19(2)13(18-12)10-5-7-11(8-6-10)14(15,16)17;1-13-7-6-12-10(13)8-2-4-9(11)5-3-8;1-12-8-7-11-10(12)9-5-3-2-4-6-9;;;;/h6-8,10,12-14H,5,9H2,1-4H3;5,7-9H,3-4H2,1-2H3;2,4-7H,1H3;2-5,7-8H,1H3;;;;/q4*-1;;;;. The summed E-state index contributed by atoms with van der Waals surface area (Å²) < 4.78 is 57.9. The molecule has 8 nitrogen and oxygen atoms in total. The van der Waals surface area contributed by atoms with Gasteiger partial charge in [0.15, 0.2) is 0 Å². The minimum absolute atomic E-state index is 0. The van der Waals surface area contributed by atoms with Crippen LogP contribution in [0.15, 0.2) is 134 Å². The van der Waals surface area contributed by atoms with Gasteiger partial charge in [-0.25, -0.2) is 0 Å². The first kappa shape index (κ1) is 62.4. The van der Waals surface area contributed by atoms with Gasteiger partial charge >= 0.3 is 6.18 Å². The molecule has 4 heterocycles. The SMILES string of the molecule is CCCc1cn(-c2c(C)cc(C)cc2C)c(-c2[c-]cccc2)n1.CCCc1cn(C)c(-c2[c-]cc(C(F)(F)F)cc2)n1.Cn1ccnc1-c1[c-]cc(F)cc1.Cn1ccnc1-c1[c-]cccc1.[Ir].[Ir].[Ir].[Ir]. The van der Waals surface area contributed by atoms with Gasteiger partial charge in [0, 0.05) is 162 Å². The maximum absolute atomic E-state index is 12.6. The third kappa shape index (κ3) is 17.2. The van der Waals surface area contributed by atoms with Crippen LogP contribution in [0.2, 0.25) is 0 Å². The normalized spacial score (nSPS) is 10.3. The first-order chi connectivity index (χ1) is 32.2. The number of halogens is 4. The Kier molecular flexibility index (Phi) is 26.1. The summed E-state index contributed by atoms with van der Waals surface area (Å²) in [6, 6.07) is 40.1. The zero-order valence-corrected chi connectivity index (χ0v) is 50.0. The number of hydrogen-bond donors (Lipinski definition) is 0. The monoisotopic (exact) mass is 1670 g/mol. The molecule has 0 N–H and O–H groups in total. The van der Waals surface area contributed by atoms with Gasteiger partial charge in [0.2, 0.25) is 0 Å². The molecule has 4 aromatic heterocycles. The van der Waals surface area contributed by atoms with Crippen LogP contribution < -0.4 is 0 Å². The van der Waals surface area contributed by atoms with E-state index < -0.39 is 11.7 Å². The molecule has 0 amide bonds. The van der Waals surface area contributed by atoms with E-state index >= 15 is 0 Å². The molecule has 4 radical (unpaired) electrons. The van der Waals surface area contributed by atoms with E-state index in [1.807, 2.05) is 95.9 Å². The van der Waals surface area contributed by atoms with Crippen LogP contribution in [0.1, 0.15) is 60.3 Å². The second-order valence-corrected chi connectivity index (χ2v) is 16.0. The van der Waals surface area contributed by atoms with Crippen LogP contribution in [0.5, 0.6) is 0 Å². The van der Waals surface area contributed by atoms with Gasteiger partial charge in [0.1, 0.15) is 0 Å². The molecular formula is C55H54F4Ir4N8-4. The second-order valence-electron chi connectivity index (χ2n) is 16.0. The number of aromatic nitrogens is 8. The molecule has 0 aliphatic carbocycles. The topological polar surface area (TPSA) is 71.3 Å². The van der Waals surface area contributed by atoms with E-state index in [0.29, 0.717) is 11.4 Å². The third-order valence-electron chi connectivity index (χ3n) is 10.5. The van der Waals surface area contributed by atoms with Gasteiger partial charge in [-0.15, -0.1) is 131 Å². The predicted molar refractivity (Wildman–Crippen MR) is 257 cm³/mol. The number of imidazole rings is 4. The molecule has 71 heavy (non-hydrogen) atoms. The van der Waals surface area contributed by atoms with E-state index in [1.165, 1.54) is 40.6 Å². The molecular weight excluding hydrogens is 1620 g/mol. The molecule has 5 aromatic carbocycles. The van der Waals surface area contributed by atoms with Crippen molar-refractivity contribution in [2.24, 2.45) is 21.1 Å². The van der Waals surface area contributed by atoms with E-state index in [-0.39, 0.29) is 86.2 Å². The molecule has 0 aliphatic heterocycles. The predicted octanol–water partition coefficient (Wildman–Crippen LogP) is 13.0. The van der Waals surface area contributed by atoms with Crippen molar-refractivity contribution in [2.75, 3.05) is 0 Å². The van der Waals surface area contributed by atoms with Crippen LogP contribution in [-0.4, -0.2) is 38.2 Å². The third-order valence-corrected chi connectivity index (χ3v) is 10.5. The maximum atomic E-state index is 12.6. The van der Waals surface area contributed by atoms with E-state index in [0.717, 1.165) is 83.4 Å². The number of alkyl halides is 3. The van der Waals surface area contributed by atoms with E-state index in [1.54, 1.807) is 18.5 Å². The van der Waals surface area contributed by atoms with Crippen molar-refractivity contribution < 1.29 is 98.0 Å². The average Bonchev–Trinajstić information content (AvgIpc) is 4.13. The Balaban J connectivity index is 0.000000328. The van der Waals surface area contributed by atoms with Crippen LogP contribution in [0.4, 0.5) is 17.6 Å². The zero-order chi connectivity index (χ0) is 48.1. The van der Waals surface area contributed by atoms with Crippen molar-refractivity contribution in [3.8, 4) is 51.2 Å². The van der Waals surface area contributed by atoms with Crippen molar-refractivity contribution >= 4 is 0 Å². The molecule has 382 valence electrons. The van der Waals surface area contributed by atoms with Gasteiger partial charge in [0.25, 0.3) is 0 Å². The van der Waals surface area contributed by atoms with Crippen LogP contribution in [0, 0.1) is 50.9 Å². The molecule has 0 atom stereocenters. The number of aryl methyl sites for hydroxylation is 8. The molecule has 0 saturated carbocycles. The summed E-state index contributed by atoms with van der Waals surface area (Å²) in [5, 5.41) is 0. The summed E-state index contributed by atoms with van der Waals surface area (Å²) in [6.45, 7) is 10.7. The van der Waals surface area contributed by atoms with Gasteiger partial charge in [0.05, 0.1) is 23.3 Å². The van der Waals surface area contributed by atoms with Crippen molar-refractivity contribution in [3.63, 3.8) is 0 Å². The Bertz CT molecular complexity index is 2920. The Labute approximate surface area is 469 Å². The van der Waals surface area contributed by atoms with E-state index in [2.05, 4.69) is 103 Å². The molecule has 0 bridgehead atoms. The van der Waals surface area contributed by atoms with Crippen LogP contribution in [-0.2, 0) is 121 Å². The van der Waals surface area contributed by atoms with E-state index in [9.17, 15) is 17.6 Å². The minimum atomic E-state index is -4.33. The summed E-state index contributed by atoms with van der Waals surface area (Å²) in [6.07, 6.45) is 10.9. The molecule has 0 unspecified atom stereocenters. The summed E-state index contributed by atoms with van der Waals surface area (Å²) in [4.78, 5) is 17.6. The first-order valence-corrected chi connectivity index (χ1v) is 22.0. The fourth-order valence-electron chi connectivity index (χ4n) is 7.47. The van der Waals surface area contributed by atoms with Crippen molar-refractivity contribution in [2.45, 2.75) is 66.5 Å². The first-order valence-electron chi connectivity index (χ1n) is 22.0. The van der Waals surface area contributed by atoms with Gasteiger partial charge in [-0.05, 0) is 50.3 Å². The Morgan fingerprint density at radius 3 is 1.46 bits per heavy atom. The molecule has 0 saturated heterocycles. The molecule has 0 spiro atoms. The fraction of sp³-hybridized carbons (Fsp3) is 0.236. The minimum Gasteiger partial charge on any atom is -0.373 e. The number of rotatable bonds is 9. The summed E-state index contributed by atoms with van der Waals surface area (Å²) >= 11 is 0. The van der Waals surface area contributed by atoms with E-state index in [4.69, 9.17) is 4.98 Å². The Hall–Kier alpha value is -4.74.